The van der Waals surface area contributed by atoms with Crippen molar-refractivity contribution >= 4 is 23.4 Å². The number of pyridine rings is 2. The van der Waals surface area contributed by atoms with Crippen molar-refractivity contribution in [2.75, 3.05) is 5.32 Å². The number of carbonyl (C=O) groups is 3. The number of anilines is 1. The van der Waals surface area contributed by atoms with Gasteiger partial charge in [0.25, 0.3) is 0 Å². The van der Waals surface area contributed by atoms with Crippen molar-refractivity contribution < 1.29 is 27.6 Å². The van der Waals surface area contributed by atoms with Crippen LogP contribution < -0.4 is 11.1 Å². The number of benzene rings is 1. The highest BCUT2D eigenvalue weighted by Crippen LogP contribution is 2.37. The molecule has 35 heavy (non-hydrogen) atoms. The number of alkyl halides is 3. The summed E-state index contributed by atoms with van der Waals surface area (Å²) < 4.78 is 38.8. The molecule has 11 heteroatoms. The van der Waals surface area contributed by atoms with Crippen LogP contribution in [0.15, 0.2) is 61.1 Å². The van der Waals surface area contributed by atoms with Gasteiger partial charge in [-0.2, -0.15) is 13.2 Å². The van der Waals surface area contributed by atoms with Crippen LogP contribution in [0, 0.1) is 0 Å². The van der Waals surface area contributed by atoms with Crippen molar-refractivity contribution in [3.05, 3.63) is 89.0 Å². The SMILES string of the molecule is NC(=O)c1cncc(NC(=O)C(=O)N(Cc2ccc(C(F)(F)F)cn2)C2CCc3ccccc32)c1. The van der Waals surface area contributed by atoms with Crippen molar-refractivity contribution in [1.29, 1.82) is 0 Å². The average molecular weight is 483 g/mol. The van der Waals surface area contributed by atoms with E-state index < -0.39 is 35.5 Å². The summed E-state index contributed by atoms with van der Waals surface area (Å²) in [5, 5.41) is 2.41. The fourth-order valence-electron chi connectivity index (χ4n) is 4.00. The number of carbonyl (C=O) groups excluding carboxylic acids is 3. The van der Waals surface area contributed by atoms with E-state index in [1.807, 2.05) is 24.3 Å². The Balaban J connectivity index is 1.61. The zero-order valence-corrected chi connectivity index (χ0v) is 18.2. The second-order valence-corrected chi connectivity index (χ2v) is 8.00. The van der Waals surface area contributed by atoms with Crippen molar-refractivity contribution in [2.45, 2.75) is 31.6 Å². The third kappa shape index (κ3) is 5.29. The van der Waals surface area contributed by atoms with Gasteiger partial charge in [-0.3, -0.25) is 24.4 Å². The number of amides is 3. The van der Waals surface area contributed by atoms with E-state index in [0.29, 0.717) is 19.0 Å². The van der Waals surface area contributed by atoms with Crippen LogP contribution >= 0.6 is 0 Å². The van der Waals surface area contributed by atoms with Crippen molar-refractivity contribution in [3.63, 3.8) is 0 Å². The second kappa shape index (κ2) is 9.53. The van der Waals surface area contributed by atoms with E-state index in [1.54, 1.807) is 0 Å². The molecule has 3 aromatic rings. The van der Waals surface area contributed by atoms with Crippen LogP contribution in [0.2, 0.25) is 0 Å². The van der Waals surface area contributed by atoms with Gasteiger partial charge >= 0.3 is 18.0 Å². The molecule has 8 nitrogen and oxygen atoms in total. The van der Waals surface area contributed by atoms with Crippen LogP contribution in [0.4, 0.5) is 18.9 Å². The monoisotopic (exact) mass is 483 g/mol. The smallest absolute Gasteiger partial charge is 0.366 e. The zero-order valence-electron chi connectivity index (χ0n) is 18.2. The number of primary amides is 1. The molecule has 0 radical (unpaired) electrons. The maximum Gasteiger partial charge on any atom is 0.417 e. The lowest BCUT2D eigenvalue weighted by Crippen LogP contribution is -2.41. The van der Waals surface area contributed by atoms with Gasteiger partial charge in [0, 0.05) is 12.4 Å². The highest BCUT2D eigenvalue weighted by atomic mass is 19.4. The first-order valence-corrected chi connectivity index (χ1v) is 10.6. The summed E-state index contributed by atoms with van der Waals surface area (Å²) in [5.74, 6) is -2.65. The number of aryl methyl sites for hydroxylation is 1. The van der Waals surface area contributed by atoms with Gasteiger partial charge in [0.05, 0.1) is 41.3 Å². The van der Waals surface area contributed by atoms with Gasteiger partial charge in [0.1, 0.15) is 0 Å². The molecule has 0 spiro atoms. The van der Waals surface area contributed by atoms with Crippen molar-refractivity contribution in [2.24, 2.45) is 5.73 Å². The Morgan fingerprint density at radius 2 is 1.86 bits per heavy atom. The van der Waals surface area contributed by atoms with E-state index in [-0.39, 0.29) is 23.5 Å². The fourth-order valence-corrected chi connectivity index (χ4v) is 4.00. The average Bonchev–Trinajstić information content (AvgIpc) is 3.26. The molecule has 1 aliphatic rings. The number of aromatic nitrogens is 2. The summed E-state index contributed by atoms with van der Waals surface area (Å²) in [7, 11) is 0. The molecule has 2 heterocycles. The van der Waals surface area contributed by atoms with Crippen LogP contribution in [0.5, 0.6) is 0 Å². The molecule has 3 amide bonds. The molecule has 3 N–H and O–H groups in total. The molecule has 0 saturated carbocycles. The number of fused-ring (bicyclic) bond motifs is 1. The minimum atomic E-state index is -4.54. The Bertz CT molecular complexity index is 1280. The molecule has 2 aromatic heterocycles. The fraction of sp³-hybridized carbons (Fsp3) is 0.208. The van der Waals surface area contributed by atoms with Crippen molar-refractivity contribution in [1.82, 2.24) is 14.9 Å². The minimum absolute atomic E-state index is 0.0470. The van der Waals surface area contributed by atoms with Crippen LogP contribution in [0.1, 0.15) is 45.2 Å². The Morgan fingerprint density at radius 1 is 1.09 bits per heavy atom. The number of nitrogens with one attached hydrogen (secondary N) is 1. The highest BCUT2D eigenvalue weighted by Gasteiger charge is 2.35. The maximum absolute atomic E-state index is 13.3. The van der Waals surface area contributed by atoms with Gasteiger partial charge in [-0.1, -0.05) is 24.3 Å². The molecular formula is C24H20F3N5O3. The first-order chi connectivity index (χ1) is 16.6. The van der Waals surface area contributed by atoms with Gasteiger partial charge in [-0.05, 0) is 42.2 Å². The Morgan fingerprint density at radius 3 is 2.54 bits per heavy atom. The molecule has 180 valence electrons. The zero-order chi connectivity index (χ0) is 25.2. The topological polar surface area (TPSA) is 118 Å². The number of hydrogen-bond acceptors (Lipinski definition) is 5. The molecule has 1 aromatic carbocycles. The summed E-state index contributed by atoms with van der Waals surface area (Å²) >= 11 is 0. The van der Waals surface area contributed by atoms with Gasteiger partial charge in [-0.15, -0.1) is 0 Å². The van der Waals surface area contributed by atoms with Gasteiger partial charge in [0.2, 0.25) is 5.91 Å². The first-order valence-electron chi connectivity index (χ1n) is 10.6. The molecule has 0 saturated heterocycles. The predicted molar refractivity (Wildman–Crippen MR) is 119 cm³/mol. The molecular weight excluding hydrogens is 463 g/mol. The van der Waals surface area contributed by atoms with Crippen LogP contribution in [-0.2, 0) is 28.7 Å². The first kappa shape index (κ1) is 23.9. The van der Waals surface area contributed by atoms with Crippen molar-refractivity contribution in [3.8, 4) is 0 Å². The quantitative estimate of drug-likeness (QED) is 0.540. The Labute approximate surface area is 198 Å². The lowest BCUT2D eigenvalue weighted by atomic mass is 10.1. The molecule has 1 atom stereocenters. The summed E-state index contributed by atoms with van der Waals surface area (Å²) in [6.07, 6.45) is -0.155. The van der Waals surface area contributed by atoms with Crippen LogP contribution in [-0.4, -0.2) is 32.6 Å². The van der Waals surface area contributed by atoms with Gasteiger partial charge in [-0.25, -0.2) is 0 Å². The number of nitrogens with two attached hydrogens (primary N) is 1. The normalized spacial score (nSPS) is 14.8. The van der Waals surface area contributed by atoms with E-state index in [9.17, 15) is 27.6 Å². The third-order valence-electron chi connectivity index (χ3n) is 5.70. The predicted octanol–water partition coefficient (Wildman–Crippen LogP) is 3.25. The maximum atomic E-state index is 13.3. The molecule has 4 rings (SSSR count). The highest BCUT2D eigenvalue weighted by molar-refractivity contribution is 6.39. The summed E-state index contributed by atoms with van der Waals surface area (Å²) in [4.78, 5) is 46.5. The van der Waals surface area contributed by atoms with Gasteiger partial charge in [0.15, 0.2) is 0 Å². The van der Waals surface area contributed by atoms with Crippen LogP contribution in [0.25, 0.3) is 0 Å². The van der Waals surface area contributed by atoms with E-state index in [1.165, 1.54) is 29.4 Å². The van der Waals surface area contributed by atoms with E-state index in [2.05, 4.69) is 15.3 Å². The van der Waals surface area contributed by atoms with E-state index in [0.717, 1.165) is 17.2 Å². The number of nitrogens with zero attached hydrogens (tertiary/aromatic N) is 3. The summed E-state index contributed by atoms with van der Waals surface area (Å²) in [6, 6.07) is 10.3. The van der Waals surface area contributed by atoms with E-state index >= 15 is 0 Å². The Hall–Kier alpha value is -4.28. The minimum Gasteiger partial charge on any atom is -0.366 e. The number of rotatable bonds is 5. The standard InChI is InChI=1S/C24H20F3N5O3/c25-24(26,27)16-6-7-17(30-11-16)13-32(20-8-5-14-3-1-2-4-19(14)20)23(35)22(34)31-18-9-15(21(28)33)10-29-12-18/h1-4,6-7,9-12,20H,5,8,13H2,(H2,28,33)(H,31,34). The third-order valence-corrected chi connectivity index (χ3v) is 5.70. The molecule has 0 fully saturated rings. The summed E-state index contributed by atoms with van der Waals surface area (Å²) in [5.41, 5.74) is 6.54. The molecule has 1 unspecified atom stereocenters. The summed E-state index contributed by atoms with van der Waals surface area (Å²) in [6.45, 7) is -0.178. The molecule has 0 bridgehead atoms. The largest absolute Gasteiger partial charge is 0.417 e. The Kier molecular flexibility index (Phi) is 6.50. The van der Waals surface area contributed by atoms with E-state index in [4.69, 9.17) is 5.73 Å². The lowest BCUT2D eigenvalue weighted by molar-refractivity contribution is -0.145. The molecule has 0 aliphatic heterocycles. The molecule has 1 aliphatic carbocycles. The number of halogens is 3. The number of hydrogen-bond donors (Lipinski definition) is 2. The van der Waals surface area contributed by atoms with Crippen LogP contribution in [0.3, 0.4) is 0 Å². The van der Waals surface area contributed by atoms with Gasteiger partial charge < -0.3 is 16.0 Å². The lowest BCUT2D eigenvalue weighted by Gasteiger charge is -2.29. The second-order valence-electron chi connectivity index (χ2n) is 8.00.